The van der Waals surface area contributed by atoms with E-state index in [1.807, 2.05) is 7.05 Å². The number of ether oxygens (including phenoxy) is 1. The summed E-state index contributed by atoms with van der Waals surface area (Å²) in [5.74, 6) is 1.45. The number of alkyl halides is 2. The Morgan fingerprint density at radius 3 is 2.58 bits per heavy atom. The Kier molecular flexibility index (Phi) is 6.86. The molecule has 1 unspecified atom stereocenters. The Labute approximate surface area is 219 Å². The third-order valence-electron chi connectivity index (χ3n) is 7.23. The molecule has 5 rings (SSSR count). The number of fused-ring (bicyclic) bond motifs is 1. The molecule has 1 aromatic heterocycles. The highest BCUT2D eigenvalue weighted by Gasteiger charge is 2.47. The number of benzene rings is 2. The number of pyridine rings is 1. The van der Waals surface area contributed by atoms with Gasteiger partial charge < -0.3 is 15.4 Å². The van der Waals surface area contributed by atoms with Crippen LogP contribution in [-0.4, -0.2) is 61.0 Å². The highest BCUT2D eigenvalue weighted by Crippen LogP contribution is 2.51. The van der Waals surface area contributed by atoms with Gasteiger partial charge in [0.05, 0.1) is 12.7 Å². The van der Waals surface area contributed by atoms with Gasteiger partial charge in [0.2, 0.25) is 5.91 Å². The van der Waals surface area contributed by atoms with Crippen LogP contribution in [0.4, 0.5) is 13.2 Å². The fourth-order valence-electron chi connectivity index (χ4n) is 5.18. The normalized spacial score (nSPS) is 18.9. The molecule has 0 saturated carbocycles. The number of rotatable bonds is 4. The predicted molar refractivity (Wildman–Crippen MR) is 137 cm³/mol. The second-order valence-electron chi connectivity index (χ2n) is 9.61. The van der Waals surface area contributed by atoms with Gasteiger partial charge in [-0.1, -0.05) is 18.1 Å². The van der Waals surface area contributed by atoms with Crippen molar-refractivity contribution in [2.45, 2.75) is 18.4 Å². The summed E-state index contributed by atoms with van der Waals surface area (Å²) < 4.78 is 51.0. The van der Waals surface area contributed by atoms with Crippen molar-refractivity contribution in [3.8, 4) is 28.7 Å². The maximum Gasteiger partial charge on any atom is 0.275 e. The number of carbonyl (C=O) groups is 1. The van der Waals surface area contributed by atoms with Crippen LogP contribution in [0.15, 0.2) is 48.7 Å². The molecule has 9 heteroatoms. The number of hydrogen-bond donors (Lipinski definition) is 1. The van der Waals surface area contributed by atoms with Crippen LogP contribution in [0.3, 0.4) is 0 Å². The van der Waals surface area contributed by atoms with Crippen LogP contribution in [0.25, 0.3) is 11.1 Å². The number of piperazine rings is 1. The minimum absolute atomic E-state index is 0.00816. The second-order valence-corrected chi connectivity index (χ2v) is 9.61. The first kappa shape index (κ1) is 25.8. The molecule has 2 N–H and O–H groups in total. The molecule has 1 aliphatic carbocycles. The first-order valence-corrected chi connectivity index (χ1v) is 12.3. The van der Waals surface area contributed by atoms with Crippen LogP contribution in [0, 0.1) is 17.7 Å². The molecule has 2 heterocycles. The number of nitrogens with zero attached hydrogens (tertiary/aromatic N) is 3. The van der Waals surface area contributed by atoms with Crippen LogP contribution in [0.2, 0.25) is 0 Å². The summed E-state index contributed by atoms with van der Waals surface area (Å²) in [6, 6.07) is 9.80. The molecular weight excluding hydrogens is 493 g/mol. The Balaban J connectivity index is 1.61. The van der Waals surface area contributed by atoms with Gasteiger partial charge in [-0.05, 0) is 48.4 Å². The monoisotopic (exact) mass is 520 g/mol. The number of hydrogen-bond acceptors (Lipinski definition) is 5. The predicted octanol–water partition coefficient (Wildman–Crippen LogP) is 4.18. The zero-order valence-electron chi connectivity index (χ0n) is 21.1. The number of carbonyl (C=O) groups excluding carboxylic acids is 1. The summed E-state index contributed by atoms with van der Waals surface area (Å²) in [5, 5.41) is 0. The van der Waals surface area contributed by atoms with Gasteiger partial charge >= 0.3 is 0 Å². The number of aromatic nitrogens is 1. The number of halogens is 3. The number of likely N-dealkylation sites (N-methyl/N-ethyl adjacent to an activating group) is 1. The highest BCUT2D eigenvalue weighted by molar-refractivity contribution is 6.01. The molecule has 6 nitrogen and oxygen atoms in total. The van der Waals surface area contributed by atoms with Gasteiger partial charge in [0.25, 0.3) is 5.92 Å². The van der Waals surface area contributed by atoms with Gasteiger partial charge in [0, 0.05) is 67.6 Å². The molecule has 3 aromatic rings. The van der Waals surface area contributed by atoms with Gasteiger partial charge in [0.1, 0.15) is 17.3 Å². The molecule has 0 spiro atoms. The van der Waals surface area contributed by atoms with Gasteiger partial charge in [-0.3, -0.25) is 9.69 Å². The lowest BCUT2D eigenvalue weighted by Crippen LogP contribution is -2.45. The van der Waals surface area contributed by atoms with E-state index in [0.717, 1.165) is 19.2 Å². The van der Waals surface area contributed by atoms with E-state index in [-0.39, 0.29) is 34.2 Å². The molecule has 1 fully saturated rings. The first-order valence-electron chi connectivity index (χ1n) is 12.3. The van der Waals surface area contributed by atoms with E-state index in [4.69, 9.17) is 10.5 Å². The van der Waals surface area contributed by atoms with Gasteiger partial charge in [0.15, 0.2) is 0 Å². The summed E-state index contributed by atoms with van der Waals surface area (Å²) >= 11 is 0. The lowest BCUT2D eigenvalue weighted by molar-refractivity contribution is -0.0257. The van der Waals surface area contributed by atoms with Gasteiger partial charge in [-0.15, -0.1) is 0 Å². The van der Waals surface area contributed by atoms with E-state index in [2.05, 4.69) is 26.6 Å². The van der Waals surface area contributed by atoms with Crippen LogP contribution >= 0.6 is 0 Å². The third-order valence-corrected chi connectivity index (χ3v) is 7.23. The fraction of sp³-hybridized carbons (Fsp3) is 0.310. The van der Waals surface area contributed by atoms with Crippen LogP contribution in [-0.2, 0) is 5.92 Å². The molecule has 1 atom stereocenters. The van der Waals surface area contributed by atoms with Crippen molar-refractivity contribution < 1.29 is 22.7 Å². The van der Waals surface area contributed by atoms with Crippen LogP contribution in [0.1, 0.15) is 45.2 Å². The standard InChI is InChI=1S/C29H27F3N4O2/c1-35-11-13-36(14-12-35)26-17-29(31,32)24-15-18(3-5-21(24)26)27-22(25(30)8-7-23(27)28(33)37)6-4-19-16-20(38-2)9-10-34-19/h3,5,7-10,15-16,26H,11-14,17H2,1-2H3,(H2,33,37). The number of nitrogens with two attached hydrogens (primary N) is 1. The molecule has 196 valence electrons. The number of methoxy groups -OCH3 is 1. The van der Waals surface area contributed by atoms with Gasteiger partial charge in [-0.25, -0.2) is 18.2 Å². The first-order chi connectivity index (χ1) is 18.2. The molecule has 1 aliphatic heterocycles. The average molecular weight is 521 g/mol. The molecule has 0 bridgehead atoms. The lowest BCUT2D eigenvalue weighted by Gasteiger charge is -2.36. The average Bonchev–Trinajstić information content (AvgIpc) is 3.18. The third kappa shape index (κ3) is 4.85. The van der Waals surface area contributed by atoms with Crippen molar-refractivity contribution in [3.63, 3.8) is 0 Å². The Bertz CT molecular complexity index is 1460. The highest BCUT2D eigenvalue weighted by atomic mass is 19.3. The molecule has 1 amide bonds. The summed E-state index contributed by atoms with van der Waals surface area (Å²) in [5.41, 5.74) is 6.56. The van der Waals surface area contributed by atoms with Crippen molar-refractivity contribution in [2.75, 3.05) is 40.3 Å². The molecule has 2 aliphatic rings. The summed E-state index contributed by atoms with van der Waals surface area (Å²) in [6.45, 7) is 3.02. The molecule has 1 saturated heterocycles. The maximum atomic E-state index is 15.3. The topological polar surface area (TPSA) is 71.7 Å². The molecular formula is C29H27F3N4O2. The van der Waals surface area contributed by atoms with Crippen molar-refractivity contribution >= 4 is 5.91 Å². The van der Waals surface area contributed by atoms with Crippen molar-refractivity contribution in [1.29, 1.82) is 0 Å². The van der Waals surface area contributed by atoms with E-state index in [9.17, 15) is 4.79 Å². The van der Waals surface area contributed by atoms with E-state index >= 15 is 13.2 Å². The molecule has 2 aromatic carbocycles. The molecule has 38 heavy (non-hydrogen) atoms. The van der Waals surface area contributed by atoms with E-state index in [1.54, 1.807) is 24.3 Å². The SMILES string of the molecule is COc1ccnc(C#Cc2c(F)ccc(C(N)=O)c2-c2ccc3c(c2)C(F)(F)CC3N2CCN(C)CC2)c1. The second kappa shape index (κ2) is 10.1. The minimum atomic E-state index is -3.07. The Morgan fingerprint density at radius 2 is 1.87 bits per heavy atom. The smallest absolute Gasteiger partial charge is 0.275 e. The Morgan fingerprint density at radius 1 is 1.11 bits per heavy atom. The maximum absolute atomic E-state index is 15.3. The fourth-order valence-corrected chi connectivity index (χ4v) is 5.18. The zero-order chi connectivity index (χ0) is 27.0. The summed E-state index contributed by atoms with van der Waals surface area (Å²) in [4.78, 5) is 20.7. The quantitative estimate of drug-likeness (QED) is 0.523. The number of amides is 1. The minimum Gasteiger partial charge on any atom is -0.497 e. The zero-order valence-corrected chi connectivity index (χ0v) is 21.1. The number of primary amides is 1. The largest absolute Gasteiger partial charge is 0.497 e. The van der Waals surface area contributed by atoms with Crippen molar-refractivity contribution in [3.05, 3.63) is 82.4 Å². The van der Waals surface area contributed by atoms with Crippen LogP contribution < -0.4 is 10.5 Å². The van der Waals surface area contributed by atoms with Crippen molar-refractivity contribution in [1.82, 2.24) is 14.8 Å². The lowest BCUT2D eigenvalue weighted by atomic mass is 9.91. The van der Waals surface area contributed by atoms with Crippen molar-refractivity contribution in [2.24, 2.45) is 5.73 Å². The Hall–Kier alpha value is -3.87. The van der Waals surface area contributed by atoms with E-state index in [1.165, 1.54) is 25.4 Å². The molecule has 0 radical (unpaired) electrons. The van der Waals surface area contributed by atoms with E-state index in [0.29, 0.717) is 30.1 Å². The van der Waals surface area contributed by atoms with E-state index < -0.39 is 23.7 Å². The summed E-state index contributed by atoms with van der Waals surface area (Å²) in [7, 11) is 3.51. The van der Waals surface area contributed by atoms with Crippen LogP contribution in [0.5, 0.6) is 5.75 Å². The summed E-state index contributed by atoms with van der Waals surface area (Å²) in [6.07, 6.45) is 1.18. The van der Waals surface area contributed by atoms with Gasteiger partial charge in [-0.2, -0.15) is 0 Å².